The maximum Gasteiger partial charge on any atom is 0.317 e. The molecule has 0 saturated carbocycles. The number of carboxylic acid groups (broad SMARTS) is 2. The Morgan fingerprint density at radius 3 is 1.48 bits per heavy atom. The van der Waals surface area contributed by atoms with Gasteiger partial charge in [-0.2, -0.15) is 0 Å². The maximum atomic E-state index is 10.8. The van der Waals surface area contributed by atoms with Crippen LogP contribution in [0.1, 0.15) is 0 Å². The molecular weight excluding hydrogens is 338 g/mol. The van der Waals surface area contributed by atoms with Gasteiger partial charge in [-0.25, -0.2) is 0 Å². The van der Waals surface area contributed by atoms with E-state index in [2.05, 4.69) is 4.74 Å². The molecule has 2 N–H and O–H groups in total. The van der Waals surface area contributed by atoms with E-state index in [4.69, 9.17) is 10.2 Å². The second kappa shape index (κ2) is 14.0. The second-order valence-corrected chi connectivity index (χ2v) is 5.10. The molecule has 0 aliphatic heterocycles. The smallest absolute Gasteiger partial charge is 0.317 e. The monoisotopic (exact) mass is 361 g/mol. The Morgan fingerprint density at radius 2 is 1.16 bits per heavy atom. The number of hydrogen-bond donors (Lipinski definition) is 2. The molecule has 0 amide bonds. The normalized spacial score (nSPS) is 10.8. The molecule has 142 valence electrons. The minimum Gasteiger partial charge on any atom is -0.480 e. The number of aldehydes is 2. The van der Waals surface area contributed by atoms with Crippen molar-refractivity contribution >= 4 is 31.0 Å². The van der Waals surface area contributed by atoms with E-state index in [1.165, 1.54) is 9.80 Å². The number of nitrogens with zero attached hydrogens (tertiary/aromatic N) is 3. The van der Waals surface area contributed by atoms with Gasteiger partial charge in [-0.15, -0.1) is 0 Å². The van der Waals surface area contributed by atoms with Crippen molar-refractivity contribution in [1.29, 1.82) is 0 Å². The lowest BCUT2D eigenvalue weighted by Crippen LogP contribution is -2.43. The van der Waals surface area contributed by atoms with Gasteiger partial charge in [-0.3, -0.25) is 29.1 Å². The third-order valence-corrected chi connectivity index (χ3v) is 3.17. The van der Waals surface area contributed by atoms with Gasteiger partial charge in [0.15, 0.2) is 0 Å². The summed E-state index contributed by atoms with van der Waals surface area (Å²) in [6, 6.07) is 0. The van der Waals surface area contributed by atoms with Gasteiger partial charge in [-0.1, -0.05) is 0 Å². The van der Waals surface area contributed by atoms with Gasteiger partial charge in [-0.05, 0) is 0 Å². The number of ether oxygens (including phenoxy) is 1. The second-order valence-electron chi connectivity index (χ2n) is 5.10. The lowest BCUT2D eigenvalue weighted by Gasteiger charge is -2.27. The molecule has 0 fully saturated rings. The Balaban J connectivity index is 4.60. The molecule has 0 unspecified atom stereocenters. The van der Waals surface area contributed by atoms with Crippen molar-refractivity contribution in [3.05, 3.63) is 0 Å². The quantitative estimate of drug-likeness (QED) is 0.211. The maximum absolute atomic E-state index is 10.8. The van der Waals surface area contributed by atoms with Crippen molar-refractivity contribution in [1.82, 2.24) is 14.7 Å². The van der Waals surface area contributed by atoms with Gasteiger partial charge in [0.2, 0.25) is 0 Å². The predicted octanol–water partition coefficient (Wildman–Crippen LogP) is -2.41. The van der Waals surface area contributed by atoms with Crippen LogP contribution in [0, 0.1) is 0 Å². The van der Waals surface area contributed by atoms with Crippen molar-refractivity contribution in [3.8, 4) is 0 Å². The van der Waals surface area contributed by atoms with E-state index in [0.717, 1.165) is 0 Å². The fourth-order valence-corrected chi connectivity index (χ4v) is 2.01. The molecule has 0 aliphatic carbocycles. The van der Waals surface area contributed by atoms with Crippen molar-refractivity contribution in [3.63, 3.8) is 0 Å². The standard InChI is InChI=1S/C14H23N3O8/c18-7-5-15(9-13(21)22)1-3-17(11-25-12-20)4-2-16(6-8-19)10-14(23)24/h7-8,12H,1-6,9-11H2,(H,21,22)(H,23,24). The van der Waals surface area contributed by atoms with Gasteiger partial charge in [0, 0.05) is 26.2 Å². The Hall–Kier alpha value is -2.37. The molecule has 0 heterocycles. The van der Waals surface area contributed by atoms with Crippen molar-refractivity contribution in [2.75, 3.05) is 59.1 Å². The van der Waals surface area contributed by atoms with Crippen LogP contribution in [0.4, 0.5) is 0 Å². The van der Waals surface area contributed by atoms with Crippen LogP contribution in [0.5, 0.6) is 0 Å². The number of carbonyl (C=O) groups excluding carboxylic acids is 3. The molecule has 25 heavy (non-hydrogen) atoms. The molecule has 0 aromatic carbocycles. The summed E-state index contributed by atoms with van der Waals surface area (Å²) in [6.45, 7) is 0.514. The molecule has 0 spiro atoms. The average molecular weight is 361 g/mol. The molecule has 0 aromatic heterocycles. The van der Waals surface area contributed by atoms with Crippen LogP contribution in [-0.4, -0.2) is 115 Å². The zero-order chi connectivity index (χ0) is 19.1. The summed E-state index contributed by atoms with van der Waals surface area (Å²) in [4.78, 5) is 57.5. The zero-order valence-corrected chi connectivity index (χ0v) is 13.8. The van der Waals surface area contributed by atoms with Crippen LogP contribution in [0.25, 0.3) is 0 Å². The Morgan fingerprint density at radius 1 is 0.760 bits per heavy atom. The van der Waals surface area contributed by atoms with Crippen molar-refractivity contribution in [2.24, 2.45) is 0 Å². The fraction of sp³-hybridized carbons (Fsp3) is 0.643. The lowest BCUT2D eigenvalue weighted by molar-refractivity contribution is -0.139. The van der Waals surface area contributed by atoms with Crippen LogP contribution in [0.15, 0.2) is 0 Å². The summed E-state index contributed by atoms with van der Waals surface area (Å²) < 4.78 is 4.68. The number of carbonyl (C=O) groups is 5. The van der Waals surface area contributed by atoms with E-state index in [9.17, 15) is 24.0 Å². The lowest BCUT2D eigenvalue weighted by atomic mass is 10.4. The van der Waals surface area contributed by atoms with Gasteiger partial charge >= 0.3 is 11.9 Å². The first kappa shape index (κ1) is 22.6. The number of aliphatic carboxylic acids is 2. The third kappa shape index (κ3) is 12.7. The molecule has 11 nitrogen and oxygen atoms in total. The summed E-state index contributed by atoms with van der Waals surface area (Å²) in [5, 5.41) is 17.6. The summed E-state index contributed by atoms with van der Waals surface area (Å²) in [5.41, 5.74) is 0. The highest BCUT2D eigenvalue weighted by Gasteiger charge is 2.15. The SMILES string of the molecule is O=CCN(CCN(CCN(CC=O)CC(=O)O)COC=O)CC(=O)O. The highest BCUT2D eigenvalue weighted by atomic mass is 16.5. The van der Waals surface area contributed by atoms with Gasteiger partial charge < -0.3 is 24.5 Å². The molecule has 0 saturated heterocycles. The molecule has 0 bridgehead atoms. The molecule has 0 aliphatic rings. The molecule has 11 heteroatoms. The van der Waals surface area contributed by atoms with Gasteiger partial charge in [0.25, 0.3) is 6.47 Å². The molecule has 0 radical (unpaired) electrons. The van der Waals surface area contributed by atoms with E-state index in [0.29, 0.717) is 12.6 Å². The number of rotatable bonds is 17. The van der Waals surface area contributed by atoms with E-state index in [-0.39, 0.29) is 65.6 Å². The van der Waals surface area contributed by atoms with Crippen LogP contribution < -0.4 is 0 Å². The highest BCUT2D eigenvalue weighted by Crippen LogP contribution is 1.96. The number of carboxylic acids is 2. The topological polar surface area (TPSA) is 145 Å². The Labute approximate surface area is 144 Å². The van der Waals surface area contributed by atoms with Crippen LogP contribution >= 0.6 is 0 Å². The molecule has 0 aromatic rings. The van der Waals surface area contributed by atoms with Gasteiger partial charge in [0.1, 0.15) is 19.3 Å². The van der Waals surface area contributed by atoms with E-state index < -0.39 is 11.9 Å². The first-order valence-corrected chi connectivity index (χ1v) is 7.46. The van der Waals surface area contributed by atoms with Crippen molar-refractivity contribution in [2.45, 2.75) is 0 Å². The van der Waals surface area contributed by atoms with Crippen molar-refractivity contribution < 1.29 is 38.9 Å². The minimum absolute atomic E-state index is 0.0506. The first-order chi connectivity index (χ1) is 11.9. The Kier molecular flexibility index (Phi) is 12.7. The molecule has 0 atom stereocenters. The summed E-state index contributed by atoms with van der Waals surface area (Å²) in [7, 11) is 0. The number of hydrogen-bond acceptors (Lipinski definition) is 9. The van der Waals surface area contributed by atoms with E-state index >= 15 is 0 Å². The minimum atomic E-state index is -1.07. The highest BCUT2D eigenvalue weighted by molar-refractivity contribution is 5.70. The van der Waals surface area contributed by atoms with Crippen LogP contribution in [0.2, 0.25) is 0 Å². The molecular formula is C14H23N3O8. The molecule has 0 rings (SSSR count). The first-order valence-electron chi connectivity index (χ1n) is 7.46. The Bertz CT molecular complexity index is 412. The van der Waals surface area contributed by atoms with Crippen LogP contribution in [-0.2, 0) is 28.7 Å². The fourth-order valence-electron chi connectivity index (χ4n) is 2.01. The van der Waals surface area contributed by atoms with E-state index in [1.54, 1.807) is 4.90 Å². The predicted molar refractivity (Wildman–Crippen MR) is 83.9 cm³/mol. The van der Waals surface area contributed by atoms with Gasteiger partial charge in [0.05, 0.1) is 26.2 Å². The average Bonchev–Trinajstić information content (AvgIpc) is 2.53. The van der Waals surface area contributed by atoms with Crippen LogP contribution in [0.3, 0.4) is 0 Å². The summed E-state index contributed by atoms with van der Waals surface area (Å²) in [5.74, 6) is -2.15. The summed E-state index contributed by atoms with van der Waals surface area (Å²) >= 11 is 0. The zero-order valence-electron chi connectivity index (χ0n) is 13.8. The largest absolute Gasteiger partial charge is 0.480 e. The summed E-state index contributed by atoms with van der Waals surface area (Å²) in [6.07, 6.45) is 1.18. The van der Waals surface area contributed by atoms with E-state index in [1.807, 2.05) is 0 Å². The third-order valence-electron chi connectivity index (χ3n) is 3.17.